The predicted molar refractivity (Wildman–Crippen MR) is 125 cm³/mol. The first-order valence-corrected chi connectivity index (χ1v) is 10.8. The summed E-state index contributed by atoms with van der Waals surface area (Å²) in [6, 6.07) is 11.2. The van der Waals surface area contributed by atoms with Crippen molar-refractivity contribution in [3.8, 4) is 23.5 Å². The number of amides is 5. The maximum Gasteiger partial charge on any atom is 0.342 e. The normalized spacial score (nSPS) is 24.2. The van der Waals surface area contributed by atoms with Gasteiger partial charge in [-0.1, -0.05) is 24.0 Å². The molecule has 1 saturated heterocycles. The number of nitrogens with zero attached hydrogens (tertiary/aromatic N) is 2. The number of nitrogens with one attached hydrogen (secondary N) is 3. The van der Waals surface area contributed by atoms with Gasteiger partial charge in [-0.05, 0) is 42.8 Å². The predicted octanol–water partition coefficient (Wildman–Crippen LogP) is 1.73. The van der Waals surface area contributed by atoms with Crippen LogP contribution in [-0.4, -0.2) is 46.0 Å². The Labute approximate surface area is 199 Å². The molecule has 3 aliphatic heterocycles. The minimum Gasteiger partial charge on any atom is -0.497 e. The number of ether oxygens (including phenoxy) is 1. The summed E-state index contributed by atoms with van der Waals surface area (Å²) in [5.74, 6) is 6.42. The Morgan fingerprint density at radius 1 is 1.11 bits per heavy atom. The zero-order valence-corrected chi connectivity index (χ0v) is 18.7. The van der Waals surface area contributed by atoms with Crippen LogP contribution in [0.2, 0.25) is 0 Å². The number of methoxy groups -OCH3 is 1. The van der Waals surface area contributed by atoms with Crippen LogP contribution in [0.5, 0.6) is 11.6 Å². The van der Waals surface area contributed by atoms with Gasteiger partial charge in [0.05, 0.1) is 19.3 Å². The third kappa shape index (κ3) is 2.85. The van der Waals surface area contributed by atoms with E-state index in [1.165, 1.54) is 0 Å². The molecule has 174 valence electrons. The topological polar surface area (TPSA) is 134 Å². The lowest BCUT2D eigenvalue weighted by atomic mass is 9.90. The van der Waals surface area contributed by atoms with Gasteiger partial charge < -0.3 is 25.0 Å². The fourth-order valence-electron chi connectivity index (χ4n) is 4.88. The highest BCUT2D eigenvalue weighted by Gasteiger charge is 2.50. The van der Waals surface area contributed by atoms with Crippen LogP contribution in [0.25, 0.3) is 10.8 Å². The van der Waals surface area contributed by atoms with Crippen molar-refractivity contribution in [1.82, 2.24) is 20.5 Å². The van der Waals surface area contributed by atoms with Crippen molar-refractivity contribution in [2.45, 2.75) is 24.5 Å². The number of carbonyl (C=O) groups is 3. The molecule has 0 bridgehead atoms. The summed E-state index contributed by atoms with van der Waals surface area (Å²) in [5.41, 5.74) is -0.0987. The second kappa shape index (κ2) is 6.87. The Morgan fingerprint density at radius 3 is 2.69 bits per heavy atom. The van der Waals surface area contributed by atoms with Crippen molar-refractivity contribution in [3.05, 3.63) is 59.3 Å². The zero-order chi connectivity index (χ0) is 24.5. The van der Waals surface area contributed by atoms with Gasteiger partial charge in [-0.3, -0.25) is 10.1 Å². The number of imide groups is 1. The van der Waals surface area contributed by atoms with E-state index in [2.05, 4.69) is 32.8 Å². The van der Waals surface area contributed by atoms with E-state index in [1.807, 2.05) is 6.07 Å². The Balaban J connectivity index is 1.41. The molecule has 6 rings (SSSR count). The number of carbonyl (C=O) groups excluding carboxylic acids is 3. The molecular weight excluding hydrogens is 450 g/mol. The highest BCUT2D eigenvalue weighted by atomic mass is 16.5. The molecule has 0 saturated carbocycles. The van der Waals surface area contributed by atoms with Crippen LogP contribution in [0, 0.1) is 11.8 Å². The lowest BCUT2D eigenvalue weighted by Crippen LogP contribution is -2.46. The van der Waals surface area contributed by atoms with Crippen molar-refractivity contribution >= 4 is 34.5 Å². The van der Waals surface area contributed by atoms with E-state index in [4.69, 9.17) is 4.74 Å². The van der Waals surface area contributed by atoms with Gasteiger partial charge in [0.25, 0.3) is 5.91 Å². The monoisotopic (exact) mass is 469 g/mol. The van der Waals surface area contributed by atoms with E-state index in [0.717, 1.165) is 5.39 Å². The first kappa shape index (κ1) is 20.8. The molecule has 0 radical (unpaired) electrons. The number of rotatable bonds is 2. The standard InChI is InChI=1S/C25H19N5O5/c1-24(21(32)27-23(34)28-24)14-5-3-4-13(10-14)8-9-25-12-30-18(19(25)26-22(33)29-25)16-7-6-15(35-2)11-17(16)20(30)31/h3-7,10-11,31H,12H2,1-2H3,(H,29,33)(H2,27,28,32,34)/t24?,25-/m1/s1. The SMILES string of the molecule is COc1ccc2c3n(c(O)c2c1)C[C@@]1(C#Cc2cccc(C4(C)NC(=O)NC4=O)c2)NC(=O)N=C31. The van der Waals surface area contributed by atoms with Crippen LogP contribution in [0.3, 0.4) is 0 Å². The van der Waals surface area contributed by atoms with Crippen LogP contribution >= 0.6 is 0 Å². The Kier molecular flexibility index (Phi) is 4.08. The summed E-state index contributed by atoms with van der Waals surface area (Å²) in [5, 5.41) is 20.0. The van der Waals surface area contributed by atoms with E-state index in [1.54, 1.807) is 55.0 Å². The molecule has 4 heterocycles. The van der Waals surface area contributed by atoms with E-state index in [9.17, 15) is 19.5 Å². The van der Waals surface area contributed by atoms with E-state index >= 15 is 0 Å². The highest BCUT2D eigenvalue weighted by Crippen LogP contribution is 2.42. The number of aromatic hydroxyl groups is 1. The fraction of sp³-hybridized carbons (Fsp3) is 0.200. The number of hydrogen-bond donors (Lipinski definition) is 4. The van der Waals surface area contributed by atoms with Crippen molar-refractivity contribution in [1.29, 1.82) is 0 Å². The first-order valence-electron chi connectivity index (χ1n) is 10.8. The van der Waals surface area contributed by atoms with Gasteiger partial charge in [0, 0.05) is 16.3 Å². The highest BCUT2D eigenvalue weighted by molar-refractivity contribution is 6.25. The number of aliphatic imine (C=N–C) groups is 1. The quantitative estimate of drug-likeness (QED) is 0.335. The molecule has 1 unspecified atom stereocenters. The Morgan fingerprint density at radius 2 is 1.94 bits per heavy atom. The van der Waals surface area contributed by atoms with Crippen molar-refractivity contribution in [2.75, 3.05) is 7.11 Å². The molecule has 0 aliphatic carbocycles. The van der Waals surface area contributed by atoms with Gasteiger partial charge in [0.15, 0.2) is 11.4 Å². The second-order valence-corrected chi connectivity index (χ2v) is 8.83. The first-order chi connectivity index (χ1) is 16.7. The second-order valence-electron chi connectivity index (χ2n) is 8.83. The number of benzene rings is 2. The molecule has 1 aromatic heterocycles. The molecule has 1 fully saturated rings. The van der Waals surface area contributed by atoms with Crippen LogP contribution < -0.4 is 20.7 Å². The smallest absolute Gasteiger partial charge is 0.342 e. The maximum atomic E-state index is 12.3. The van der Waals surface area contributed by atoms with Crippen LogP contribution in [0.15, 0.2) is 47.5 Å². The van der Waals surface area contributed by atoms with Crippen molar-refractivity contribution in [2.24, 2.45) is 4.99 Å². The molecule has 2 aromatic carbocycles. The van der Waals surface area contributed by atoms with Gasteiger partial charge in [-0.25, -0.2) is 9.59 Å². The van der Waals surface area contributed by atoms with Gasteiger partial charge in [0.2, 0.25) is 0 Å². The van der Waals surface area contributed by atoms with Crippen LogP contribution in [-0.2, 0) is 16.9 Å². The van der Waals surface area contributed by atoms with Gasteiger partial charge in [-0.2, -0.15) is 4.99 Å². The van der Waals surface area contributed by atoms with E-state index in [-0.39, 0.29) is 12.4 Å². The minimum absolute atomic E-state index is 0.0410. The number of aromatic nitrogens is 1. The molecule has 35 heavy (non-hydrogen) atoms. The number of urea groups is 2. The van der Waals surface area contributed by atoms with E-state index in [0.29, 0.717) is 33.7 Å². The summed E-state index contributed by atoms with van der Waals surface area (Å²) < 4.78 is 6.96. The molecular formula is C25H19N5O5. The summed E-state index contributed by atoms with van der Waals surface area (Å²) in [4.78, 5) is 40.5. The summed E-state index contributed by atoms with van der Waals surface area (Å²) in [6.45, 7) is 1.80. The van der Waals surface area contributed by atoms with Crippen LogP contribution in [0.4, 0.5) is 9.59 Å². The molecule has 10 heteroatoms. The summed E-state index contributed by atoms with van der Waals surface area (Å²) in [6.07, 6.45) is 0. The number of hydrogen-bond acceptors (Lipinski definition) is 5. The average Bonchev–Trinajstić information content (AvgIpc) is 3.49. The van der Waals surface area contributed by atoms with Gasteiger partial charge in [0.1, 0.15) is 17.0 Å². The molecule has 3 aliphatic rings. The molecule has 4 N–H and O–H groups in total. The van der Waals surface area contributed by atoms with E-state index < -0.39 is 29.0 Å². The molecule has 3 aromatic rings. The van der Waals surface area contributed by atoms with Gasteiger partial charge >= 0.3 is 12.1 Å². The maximum absolute atomic E-state index is 12.3. The summed E-state index contributed by atoms with van der Waals surface area (Å²) >= 11 is 0. The minimum atomic E-state index is -1.21. The zero-order valence-electron chi connectivity index (χ0n) is 18.7. The third-order valence-electron chi connectivity index (χ3n) is 6.71. The largest absolute Gasteiger partial charge is 0.497 e. The molecule has 0 spiro atoms. The number of fused-ring (bicyclic) bond motifs is 5. The average molecular weight is 469 g/mol. The fourth-order valence-corrected chi connectivity index (χ4v) is 4.88. The molecule has 10 nitrogen and oxygen atoms in total. The van der Waals surface area contributed by atoms with Crippen LogP contribution in [0.1, 0.15) is 23.7 Å². The van der Waals surface area contributed by atoms with Crippen molar-refractivity contribution in [3.63, 3.8) is 0 Å². The summed E-state index contributed by atoms with van der Waals surface area (Å²) in [7, 11) is 1.55. The lowest BCUT2D eigenvalue weighted by Gasteiger charge is -2.21. The molecule has 5 amide bonds. The van der Waals surface area contributed by atoms with Crippen molar-refractivity contribution < 1.29 is 24.2 Å². The Hall–Kier alpha value is -4.78. The van der Waals surface area contributed by atoms with Gasteiger partial charge in [-0.15, -0.1) is 0 Å². The lowest BCUT2D eigenvalue weighted by molar-refractivity contribution is -0.123. The third-order valence-corrected chi connectivity index (χ3v) is 6.71. The Bertz CT molecular complexity index is 1590. The molecule has 2 atom stereocenters.